The maximum Gasteiger partial charge on any atom is 0.152 e. The Morgan fingerprint density at radius 3 is 3.13 bits per heavy atom. The van der Waals surface area contributed by atoms with E-state index in [4.69, 9.17) is 17.3 Å². The lowest BCUT2D eigenvalue weighted by Gasteiger charge is -2.34. The average molecular weight is 244 g/mol. The first kappa shape index (κ1) is 10.9. The van der Waals surface area contributed by atoms with E-state index >= 15 is 0 Å². The smallest absolute Gasteiger partial charge is 0.152 e. The van der Waals surface area contributed by atoms with Crippen molar-refractivity contribution in [1.82, 2.24) is 4.98 Å². The zero-order valence-corrected chi connectivity index (χ0v) is 10.2. The summed E-state index contributed by atoms with van der Waals surface area (Å²) < 4.78 is 0. The summed E-state index contributed by atoms with van der Waals surface area (Å²) >= 11 is 7.80. The summed E-state index contributed by atoms with van der Waals surface area (Å²) in [6.45, 7) is 3.20. The third-order valence-corrected chi connectivity index (χ3v) is 3.90. The molecule has 1 unspecified atom stereocenters. The van der Waals surface area contributed by atoms with Crippen molar-refractivity contribution in [2.75, 3.05) is 28.7 Å². The molecule has 1 saturated heterocycles. The van der Waals surface area contributed by atoms with Gasteiger partial charge in [0.2, 0.25) is 0 Å². The number of aromatic nitrogens is 1. The number of anilines is 2. The van der Waals surface area contributed by atoms with Crippen LogP contribution in [-0.2, 0) is 0 Å². The van der Waals surface area contributed by atoms with Gasteiger partial charge in [0.25, 0.3) is 0 Å². The third-order valence-electron chi connectivity index (χ3n) is 2.50. The van der Waals surface area contributed by atoms with E-state index in [1.165, 1.54) is 0 Å². The Morgan fingerprint density at radius 2 is 2.47 bits per heavy atom. The van der Waals surface area contributed by atoms with E-state index in [0.29, 0.717) is 16.8 Å². The van der Waals surface area contributed by atoms with Crippen LogP contribution in [0, 0.1) is 0 Å². The second-order valence-corrected chi connectivity index (χ2v) is 5.27. The molecule has 1 aromatic heterocycles. The minimum Gasteiger partial charge on any atom is -0.396 e. The maximum absolute atomic E-state index is 5.92. The van der Waals surface area contributed by atoms with Gasteiger partial charge in [-0.05, 0) is 13.0 Å². The molecule has 1 aliphatic heterocycles. The molecule has 1 atom stereocenters. The second-order valence-electron chi connectivity index (χ2n) is 3.68. The standard InChI is InChI=1S/C10H14ClN3S/c1-7-6-15-3-2-14(7)10-9(12)4-8(11)5-13-10/h4-5,7H,2-3,6,12H2,1H3. The molecule has 0 aromatic carbocycles. The molecule has 15 heavy (non-hydrogen) atoms. The van der Waals surface area contributed by atoms with Crippen molar-refractivity contribution in [2.24, 2.45) is 0 Å². The molecule has 0 radical (unpaired) electrons. The van der Waals surface area contributed by atoms with Crippen LogP contribution in [0.25, 0.3) is 0 Å². The van der Waals surface area contributed by atoms with Crippen LogP contribution in [0.2, 0.25) is 5.02 Å². The van der Waals surface area contributed by atoms with Crippen LogP contribution < -0.4 is 10.6 Å². The largest absolute Gasteiger partial charge is 0.396 e. The molecule has 0 aliphatic carbocycles. The number of nitrogen functional groups attached to an aromatic ring is 1. The molecule has 1 aromatic rings. The highest BCUT2D eigenvalue weighted by molar-refractivity contribution is 7.99. The van der Waals surface area contributed by atoms with Gasteiger partial charge in [0.15, 0.2) is 5.82 Å². The van der Waals surface area contributed by atoms with Crippen molar-refractivity contribution in [3.05, 3.63) is 17.3 Å². The van der Waals surface area contributed by atoms with E-state index in [9.17, 15) is 0 Å². The van der Waals surface area contributed by atoms with E-state index in [2.05, 4.69) is 16.8 Å². The molecule has 1 aliphatic rings. The highest BCUT2D eigenvalue weighted by Gasteiger charge is 2.21. The normalized spacial score (nSPS) is 21.7. The Balaban J connectivity index is 2.27. The van der Waals surface area contributed by atoms with E-state index < -0.39 is 0 Å². The minimum absolute atomic E-state index is 0.486. The Kier molecular flexibility index (Phi) is 3.26. The molecule has 2 heterocycles. The Bertz CT molecular complexity index is 359. The summed E-state index contributed by atoms with van der Waals surface area (Å²) in [5.41, 5.74) is 6.59. The zero-order chi connectivity index (χ0) is 10.8. The van der Waals surface area contributed by atoms with Crippen LogP contribution >= 0.6 is 23.4 Å². The number of pyridine rings is 1. The predicted molar refractivity (Wildman–Crippen MR) is 67.8 cm³/mol. The van der Waals surface area contributed by atoms with Gasteiger partial charge in [-0.25, -0.2) is 4.98 Å². The quantitative estimate of drug-likeness (QED) is 0.822. The summed E-state index contributed by atoms with van der Waals surface area (Å²) in [5, 5.41) is 0.593. The van der Waals surface area contributed by atoms with Crippen molar-refractivity contribution in [2.45, 2.75) is 13.0 Å². The SMILES string of the molecule is CC1CSCCN1c1ncc(Cl)cc1N. The number of hydrogen-bond acceptors (Lipinski definition) is 4. The lowest BCUT2D eigenvalue weighted by Crippen LogP contribution is -2.41. The Labute approximate surface area is 99.0 Å². The number of hydrogen-bond donors (Lipinski definition) is 1. The summed E-state index contributed by atoms with van der Waals surface area (Å²) in [6.07, 6.45) is 1.65. The first-order chi connectivity index (χ1) is 7.18. The van der Waals surface area contributed by atoms with E-state index in [1.54, 1.807) is 12.3 Å². The van der Waals surface area contributed by atoms with E-state index in [1.807, 2.05) is 11.8 Å². The van der Waals surface area contributed by atoms with Crippen LogP contribution in [0.3, 0.4) is 0 Å². The van der Waals surface area contributed by atoms with Crippen molar-refractivity contribution >= 4 is 34.9 Å². The van der Waals surface area contributed by atoms with Crippen molar-refractivity contribution < 1.29 is 0 Å². The molecular weight excluding hydrogens is 230 g/mol. The summed E-state index contributed by atoms with van der Waals surface area (Å²) in [6, 6.07) is 2.25. The van der Waals surface area contributed by atoms with Gasteiger partial charge in [0.1, 0.15) is 0 Å². The molecule has 0 spiro atoms. The predicted octanol–water partition coefficient (Wildman–Crippen LogP) is 2.26. The molecule has 5 heteroatoms. The van der Waals surface area contributed by atoms with Crippen molar-refractivity contribution in [1.29, 1.82) is 0 Å². The second kappa shape index (κ2) is 4.49. The zero-order valence-electron chi connectivity index (χ0n) is 8.61. The van der Waals surface area contributed by atoms with Gasteiger partial charge in [-0.1, -0.05) is 11.6 Å². The molecule has 0 amide bonds. The number of nitrogens with zero attached hydrogens (tertiary/aromatic N) is 2. The topological polar surface area (TPSA) is 42.2 Å². The molecule has 0 saturated carbocycles. The molecule has 1 fully saturated rings. The summed E-state index contributed by atoms with van der Waals surface area (Å²) in [7, 11) is 0. The van der Waals surface area contributed by atoms with Gasteiger partial charge in [-0.3, -0.25) is 0 Å². The number of nitrogens with two attached hydrogens (primary N) is 1. The van der Waals surface area contributed by atoms with Gasteiger partial charge in [-0.2, -0.15) is 11.8 Å². The first-order valence-electron chi connectivity index (χ1n) is 4.94. The maximum atomic E-state index is 5.92. The fourth-order valence-electron chi connectivity index (χ4n) is 1.73. The summed E-state index contributed by atoms with van der Waals surface area (Å²) in [5.74, 6) is 3.13. The highest BCUT2D eigenvalue weighted by atomic mass is 35.5. The Morgan fingerprint density at radius 1 is 1.67 bits per heavy atom. The Hall–Kier alpha value is -0.610. The van der Waals surface area contributed by atoms with Gasteiger partial charge in [0, 0.05) is 30.3 Å². The number of halogens is 1. The molecule has 82 valence electrons. The third kappa shape index (κ3) is 2.32. The van der Waals surface area contributed by atoms with Crippen LogP contribution in [-0.4, -0.2) is 29.1 Å². The van der Waals surface area contributed by atoms with Crippen molar-refractivity contribution in [3.63, 3.8) is 0 Å². The summed E-state index contributed by atoms with van der Waals surface area (Å²) in [4.78, 5) is 6.56. The highest BCUT2D eigenvalue weighted by Crippen LogP contribution is 2.28. The van der Waals surface area contributed by atoms with Crippen molar-refractivity contribution in [3.8, 4) is 0 Å². The lowest BCUT2D eigenvalue weighted by molar-refractivity contribution is 0.691. The van der Waals surface area contributed by atoms with Gasteiger partial charge < -0.3 is 10.6 Å². The van der Waals surface area contributed by atoms with Gasteiger partial charge in [0.05, 0.1) is 10.7 Å². The van der Waals surface area contributed by atoms with E-state index in [-0.39, 0.29) is 0 Å². The average Bonchev–Trinajstić information content (AvgIpc) is 2.20. The van der Waals surface area contributed by atoms with Crippen LogP contribution in [0.1, 0.15) is 6.92 Å². The number of thioether (sulfide) groups is 1. The van der Waals surface area contributed by atoms with E-state index in [0.717, 1.165) is 23.9 Å². The first-order valence-corrected chi connectivity index (χ1v) is 6.47. The van der Waals surface area contributed by atoms with Gasteiger partial charge in [-0.15, -0.1) is 0 Å². The molecule has 3 nitrogen and oxygen atoms in total. The molecule has 2 rings (SSSR count). The molecular formula is C10H14ClN3S. The van der Waals surface area contributed by atoms with Gasteiger partial charge >= 0.3 is 0 Å². The molecule has 0 bridgehead atoms. The fourth-order valence-corrected chi connectivity index (χ4v) is 2.91. The number of rotatable bonds is 1. The van der Waals surface area contributed by atoms with Crippen LogP contribution in [0.15, 0.2) is 12.3 Å². The molecule has 2 N–H and O–H groups in total. The van der Waals surface area contributed by atoms with Crippen LogP contribution in [0.5, 0.6) is 0 Å². The van der Waals surface area contributed by atoms with Crippen LogP contribution in [0.4, 0.5) is 11.5 Å². The monoisotopic (exact) mass is 243 g/mol. The fraction of sp³-hybridized carbons (Fsp3) is 0.500. The lowest BCUT2D eigenvalue weighted by atomic mass is 10.2. The minimum atomic E-state index is 0.486.